The van der Waals surface area contributed by atoms with Crippen molar-refractivity contribution in [2.45, 2.75) is 6.42 Å². The normalized spacial score (nSPS) is 8.73. The summed E-state index contributed by atoms with van der Waals surface area (Å²) in [4.78, 5) is 11.1. The number of nitriles is 2. The minimum absolute atomic E-state index is 0.243. The van der Waals surface area contributed by atoms with Gasteiger partial charge in [0.15, 0.2) is 0 Å². The second-order valence-corrected chi connectivity index (χ2v) is 3.12. The number of rotatable bonds is 2. The first-order valence-electron chi connectivity index (χ1n) is 4.04. The van der Waals surface area contributed by atoms with Crippen LogP contribution in [0.15, 0.2) is 18.2 Å². The topological polar surface area (TPSA) is 76.7 Å². The molecule has 0 aliphatic heterocycles. The van der Waals surface area contributed by atoms with Gasteiger partial charge < -0.3 is 5.32 Å². The van der Waals surface area contributed by atoms with Crippen molar-refractivity contribution in [2.75, 3.05) is 5.32 Å². The second-order valence-electron chi connectivity index (χ2n) is 2.68. The summed E-state index contributed by atoms with van der Waals surface area (Å²) in [6.45, 7) is 0. The van der Waals surface area contributed by atoms with Crippen LogP contribution in [0.5, 0.6) is 0 Å². The minimum Gasteiger partial charge on any atom is -0.324 e. The van der Waals surface area contributed by atoms with Crippen LogP contribution in [-0.2, 0) is 4.79 Å². The summed E-state index contributed by atoms with van der Waals surface area (Å²) in [7, 11) is 0. The zero-order valence-corrected chi connectivity index (χ0v) is 8.38. The van der Waals surface area contributed by atoms with Gasteiger partial charge in [-0.25, -0.2) is 0 Å². The predicted octanol–water partition coefficient (Wildman–Crippen LogP) is 2.06. The van der Waals surface area contributed by atoms with Gasteiger partial charge in [-0.1, -0.05) is 11.6 Å². The molecule has 15 heavy (non-hydrogen) atoms. The zero-order chi connectivity index (χ0) is 11.3. The van der Waals surface area contributed by atoms with Crippen molar-refractivity contribution in [1.29, 1.82) is 10.5 Å². The van der Waals surface area contributed by atoms with Crippen molar-refractivity contribution in [3.63, 3.8) is 0 Å². The number of halogens is 1. The average Bonchev–Trinajstić information content (AvgIpc) is 2.21. The Morgan fingerprint density at radius 1 is 1.47 bits per heavy atom. The second kappa shape index (κ2) is 4.99. The highest BCUT2D eigenvalue weighted by Gasteiger charge is 2.06. The standard InChI is InChI=1S/C10H6ClN3O/c11-8-1-2-9(7(5-8)6-13)14-10(15)3-4-12/h1-2,5H,3H2,(H,14,15). The van der Waals surface area contributed by atoms with E-state index in [4.69, 9.17) is 22.1 Å². The van der Waals surface area contributed by atoms with Crippen molar-refractivity contribution in [3.05, 3.63) is 28.8 Å². The van der Waals surface area contributed by atoms with Gasteiger partial charge in [0.25, 0.3) is 0 Å². The van der Waals surface area contributed by atoms with Gasteiger partial charge in [-0.05, 0) is 18.2 Å². The van der Waals surface area contributed by atoms with E-state index in [9.17, 15) is 4.79 Å². The van der Waals surface area contributed by atoms with Gasteiger partial charge in [0, 0.05) is 5.02 Å². The molecule has 1 amide bonds. The van der Waals surface area contributed by atoms with Crippen LogP contribution in [0.3, 0.4) is 0 Å². The van der Waals surface area contributed by atoms with Crippen LogP contribution in [0, 0.1) is 22.7 Å². The molecule has 1 aromatic carbocycles. The van der Waals surface area contributed by atoms with Crippen LogP contribution in [0.2, 0.25) is 5.02 Å². The predicted molar refractivity (Wildman–Crippen MR) is 55.0 cm³/mol. The largest absolute Gasteiger partial charge is 0.324 e. The van der Waals surface area contributed by atoms with Gasteiger partial charge in [0.1, 0.15) is 12.5 Å². The van der Waals surface area contributed by atoms with Crippen LogP contribution >= 0.6 is 11.6 Å². The molecule has 1 aromatic rings. The maximum Gasteiger partial charge on any atom is 0.238 e. The lowest BCUT2D eigenvalue weighted by atomic mass is 10.2. The van der Waals surface area contributed by atoms with Gasteiger partial charge in [-0.3, -0.25) is 4.79 Å². The molecule has 1 N–H and O–H groups in total. The fraction of sp³-hybridized carbons (Fsp3) is 0.100. The van der Waals surface area contributed by atoms with E-state index in [1.807, 2.05) is 6.07 Å². The Labute approximate surface area is 91.7 Å². The number of nitrogens with one attached hydrogen (secondary N) is 1. The van der Waals surface area contributed by atoms with Crippen LogP contribution in [0.4, 0.5) is 5.69 Å². The molecule has 0 heterocycles. The van der Waals surface area contributed by atoms with Crippen LogP contribution in [0.25, 0.3) is 0 Å². The first-order chi connectivity index (χ1) is 7.17. The summed E-state index contributed by atoms with van der Waals surface area (Å²) < 4.78 is 0. The molecule has 0 fully saturated rings. The Kier molecular flexibility index (Phi) is 3.68. The van der Waals surface area contributed by atoms with E-state index >= 15 is 0 Å². The molecule has 0 atom stereocenters. The monoisotopic (exact) mass is 219 g/mol. The highest BCUT2D eigenvalue weighted by atomic mass is 35.5. The Morgan fingerprint density at radius 3 is 2.80 bits per heavy atom. The number of nitrogens with zero attached hydrogens (tertiary/aromatic N) is 2. The molecular formula is C10H6ClN3O. The van der Waals surface area contributed by atoms with Crippen molar-refractivity contribution < 1.29 is 4.79 Å². The molecule has 74 valence electrons. The molecule has 0 bridgehead atoms. The fourth-order valence-corrected chi connectivity index (χ4v) is 1.16. The third-order valence-electron chi connectivity index (χ3n) is 1.62. The van der Waals surface area contributed by atoms with E-state index in [0.717, 1.165) is 0 Å². The molecule has 1 rings (SSSR count). The van der Waals surface area contributed by atoms with E-state index in [0.29, 0.717) is 10.7 Å². The van der Waals surface area contributed by atoms with E-state index in [2.05, 4.69) is 5.32 Å². The van der Waals surface area contributed by atoms with Gasteiger partial charge in [0.2, 0.25) is 5.91 Å². The van der Waals surface area contributed by atoms with Crippen LogP contribution < -0.4 is 5.32 Å². The molecule has 0 unspecified atom stereocenters. The summed E-state index contributed by atoms with van der Waals surface area (Å²) in [5.41, 5.74) is 0.635. The molecule has 0 aromatic heterocycles. The molecule has 0 radical (unpaired) electrons. The molecule has 0 aliphatic carbocycles. The lowest BCUT2D eigenvalue weighted by Crippen LogP contribution is -2.11. The number of amides is 1. The lowest BCUT2D eigenvalue weighted by Gasteiger charge is -2.04. The van der Waals surface area contributed by atoms with Gasteiger partial charge >= 0.3 is 0 Å². The van der Waals surface area contributed by atoms with Gasteiger partial charge in [0.05, 0.1) is 17.3 Å². The summed E-state index contributed by atoms with van der Waals surface area (Å²) in [6, 6.07) is 8.15. The van der Waals surface area contributed by atoms with E-state index in [1.54, 1.807) is 12.1 Å². The number of carbonyl (C=O) groups is 1. The van der Waals surface area contributed by atoms with Crippen molar-refractivity contribution in [2.24, 2.45) is 0 Å². The summed E-state index contributed by atoms with van der Waals surface area (Å²) in [5.74, 6) is -0.448. The Morgan fingerprint density at radius 2 is 2.20 bits per heavy atom. The fourth-order valence-electron chi connectivity index (χ4n) is 0.984. The summed E-state index contributed by atoms with van der Waals surface area (Å²) >= 11 is 5.68. The average molecular weight is 220 g/mol. The number of anilines is 1. The molecule has 5 heteroatoms. The number of hydrogen-bond acceptors (Lipinski definition) is 3. The molecule has 0 spiro atoms. The van der Waals surface area contributed by atoms with Gasteiger partial charge in [-0.2, -0.15) is 10.5 Å². The third kappa shape index (κ3) is 2.98. The van der Waals surface area contributed by atoms with E-state index in [1.165, 1.54) is 12.1 Å². The Bertz CT molecular complexity index is 471. The number of benzene rings is 1. The van der Waals surface area contributed by atoms with E-state index < -0.39 is 5.91 Å². The van der Waals surface area contributed by atoms with Crippen LogP contribution in [0.1, 0.15) is 12.0 Å². The quantitative estimate of drug-likeness (QED) is 0.827. The van der Waals surface area contributed by atoms with Crippen LogP contribution in [-0.4, -0.2) is 5.91 Å². The summed E-state index contributed by atoms with van der Waals surface area (Å²) in [5, 5.41) is 19.9. The third-order valence-corrected chi connectivity index (χ3v) is 1.85. The first-order valence-corrected chi connectivity index (χ1v) is 4.41. The minimum atomic E-state index is -0.448. The highest BCUT2D eigenvalue weighted by molar-refractivity contribution is 6.30. The van der Waals surface area contributed by atoms with Crippen molar-refractivity contribution >= 4 is 23.2 Å². The lowest BCUT2D eigenvalue weighted by molar-refractivity contribution is -0.115. The number of carbonyl (C=O) groups excluding carboxylic acids is 1. The highest BCUT2D eigenvalue weighted by Crippen LogP contribution is 2.19. The van der Waals surface area contributed by atoms with E-state index in [-0.39, 0.29) is 12.0 Å². The van der Waals surface area contributed by atoms with Crippen molar-refractivity contribution in [1.82, 2.24) is 0 Å². The molecule has 4 nitrogen and oxygen atoms in total. The Balaban J connectivity index is 2.92. The first kappa shape index (κ1) is 11.0. The zero-order valence-electron chi connectivity index (χ0n) is 7.62. The molecule has 0 saturated heterocycles. The molecule has 0 saturated carbocycles. The molecular weight excluding hydrogens is 214 g/mol. The maximum absolute atomic E-state index is 11.1. The summed E-state index contributed by atoms with van der Waals surface area (Å²) in [6.07, 6.45) is -0.243. The molecule has 0 aliphatic rings. The smallest absolute Gasteiger partial charge is 0.238 e. The SMILES string of the molecule is N#CCC(=O)Nc1ccc(Cl)cc1C#N. The number of hydrogen-bond donors (Lipinski definition) is 1. The maximum atomic E-state index is 11.1. The Hall–Kier alpha value is -2.04. The van der Waals surface area contributed by atoms with Gasteiger partial charge in [-0.15, -0.1) is 0 Å². The van der Waals surface area contributed by atoms with Crippen molar-refractivity contribution in [3.8, 4) is 12.1 Å².